The summed E-state index contributed by atoms with van der Waals surface area (Å²) in [6, 6.07) is 1.33. The van der Waals surface area contributed by atoms with Gasteiger partial charge in [0.05, 0.1) is 0 Å². The van der Waals surface area contributed by atoms with Gasteiger partial charge in [-0.25, -0.2) is 0 Å². The normalized spacial score (nSPS) is 37.1. The third kappa shape index (κ3) is 2.44. The molecule has 0 radical (unpaired) electrons. The molecule has 2 rings (SSSR count). The fourth-order valence-corrected chi connectivity index (χ4v) is 3.37. The number of nitrogens with one attached hydrogen (secondary N) is 1. The molecule has 1 N–H and O–H groups in total. The topological polar surface area (TPSA) is 15.3 Å². The van der Waals surface area contributed by atoms with Crippen LogP contribution in [0.3, 0.4) is 0 Å². The lowest BCUT2D eigenvalue weighted by Crippen LogP contribution is -2.55. The van der Waals surface area contributed by atoms with Crippen molar-refractivity contribution in [2.75, 3.05) is 25.9 Å². The predicted octanol–water partition coefficient (Wildman–Crippen LogP) is 1.56. The summed E-state index contributed by atoms with van der Waals surface area (Å²) in [6.07, 6.45) is 5.13. The van der Waals surface area contributed by atoms with Crippen LogP contribution in [0, 0.1) is 0 Å². The summed E-state index contributed by atoms with van der Waals surface area (Å²) in [5.74, 6) is 0. The molecule has 1 saturated carbocycles. The van der Waals surface area contributed by atoms with Gasteiger partial charge >= 0.3 is 0 Å². The third-order valence-corrected chi connectivity index (χ3v) is 4.79. The molecule has 82 valence electrons. The van der Waals surface area contributed by atoms with E-state index in [1.165, 1.54) is 32.5 Å². The van der Waals surface area contributed by atoms with Gasteiger partial charge in [-0.2, -0.15) is 11.8 Å². The second-order valence-electron chi connectivity index (χ2n) is 5.05. The van der Waals surface area contributed by atoms with E-state index in [2.05, 4.69) is 42.1 Å². The zero-order valence-electron chi connectivity index (χ0n) is 9.55. The molecule has 0 bridgehead atoms. The van der Waals surface area contributed by atoms with Gasteiger partial charge in [-0.3, -0.25) is 4.90 Å². The smallest absolute Gasteiger partial charge is 0.0285 e. The minimum absolute atomic E-state index is 0.636. The van der Waals surface area contributed by atoms with E-state index in [0.717, 1.165) is 0 Å². The average molecular weight is 214 g/mol. The first-order valence-corrected chi connectivity index (χ1v) is 6.90. The summed E-state index contributed by atoms with van der Waals surface area (Å²) < 4.78 is 0.636. The lowest BCUT2D eigenvalue weighted by Gasteiger charge is -2.37. The number of piperazine rings is 1. The van der Waals surface area contributed by atoms with Gasteiger partial charge < -0.3 is 5.32 Å². The lowest BCUT2D eigenvalue weighted by molar-refractivity contribution is 0.172. The van der Waals surface area contributed by atoms with Crippen LogP contribution in [-0.4, -0.2) is 47.6 Å². The van der Waals surface area contributed by atoms with Crippen LogP contribution in [0.25, 0.3) is 0 Å². The summed E-state index contributed by atoms with van der Waals surface area (Å²) in [7, 11) is 0. The Morgan fingerprint density at radius 1 is 1.29 bits per heavy atom. The molecule has 1 aliphatic heterocycles. The van der Waals surface area contributed by atoms with Crippen molar-refractivity contribution in [2.24, 2.45) is 0 Å². The van der Waals surface area contributed by atoms with Gasteiger partial charge in [0.15, 0.2) is 0 Å². The number of nitrogens with zero attached hydrogens (tertiary/aromatic N) is 1. The maximum Gasteiger partial charge on any atom is 0.0285 e. The summed E-state index contributed by atoms with van der Waals surface area (Å²) in [5, 5.41) is 3.58. The van der Waals surface area contributed by atoms with Gasteiger partial charge in [-0.15, -0.1) is 0 Å². The Hall–Kier alpha value is 0.270. The first kappa shape index (κ1) is 10.8. The Labute approximate surface area is 91.8 Å². The fraction of sp³-hybridized carbons (Fsp3) is 1.00. The van der Waals surface area contributed by atoms with Crippen LogP contribution >= 0.6 is 11.8 Å². The van der Waals surface area contributed by atoms with E-state index >= 15 is 0 Å². The minimum Gasteiger partial charge on any atom is -0.309 e. The Balaban J connectivity index is 1.85. The van der Waals surface area contributed by atoms with Crippen LogP contribution in [0.2, 0.25) is 0 Å². The Kier molecular flexibility index (Phi) is 3.10. The van der Waals surface area contributed by atoms with Crippen molar-refractivity contribution in [3.63, 3.8) is 0 Å². The first-order valence-electron chi connectivity index (χ1n) is 5.67. The van der Waals surface area contributed by atoms with Gasteiger partial charge in [-0.05, 0) is 32.9 Å². The van der Waals surface area contributed by atoms with E-state index in [0.29, 0.717) is 16.8 Å². The van der Waals surface area contributed by atoms with E-state index in [4.69, 9.17) is 0 Å². The molecule has 0 unspecified atom stereocenters. The average Bonchev–Trinajstić information content (AvgIpc) is 2.83. The van der Waals surface area contributed by atoms with E-state index in [1.807, 2.05) is 0 Å². The molecule has 0 aromatic carbocycles. The van der Waals surface area contributed by atoms with Crippen molar-refractivity contribution in [1.82, 2.24) is 10.2 Å². The van der Waals surface area contributed by atoms with Crippen LogP contribution in [0.15, 0.2) is 0 Å². The number of hydrogen-bond donors (Lipinski definition) is 1. The summed E-state index contributed by atoms with van der Waals surface area (Å²) in [5.41, 5.74) is 0. The molecular formula is C11H22N2S. The van der Waals surface area contributed by atoms with Crippen LogP contribution < -0.4 is 5.32 Å². The molecule has 0 aromatic rings. The summed E-state index contributed by atoms with van der Waals surface area (Å²) in [4.78, 5) is 2.65. The van der Waals surface area contributed by atoms with Gasteiger partial charge in [0.25, 0.3) is 0 Å². The molecule has 1 heterocycles. The van der Waals surface area contributed by atoms with E-state index in [-0.39, 0.29) is 0 Å². The van der Waals surface area contributed by atoms with Crippen molar-refractivity contribution >= 4 is 11.8 Å². The number of rotatable bonds is 3. The van der Waals surface area contributed by atoms with E-state index < -0.39 is 0 Å². The Bertz CT molecular complexity index is 193. The molecule has 2 nitrogen and oxygen atoms in total. The van der Waals surface area contributed by atoms with E-state index in [9.17, 15) is 0 Å². The molecule has 2 fully saturated rings. The van der Waals surface area contributed by atoms with Gasteiger partial charge in [0.1, 0.15) is 0 Å². The molecule has 1 aliphatic carbocycles. The second-order valence-corrected chi connectivity index (χ2v) is 6.32. The van der Waals surface area contributed by atoms with Gasteiger partial charge in [0, 0.05) is 36.5 Å². The third-order valence-electron chi connectivity index (χ3n) is 3.39. The van der Waals surface area contributed by atoms with Gasteiger partial charge in [-0.1, -0.05) is 0 Å². The summed E-state index contributed by atoms with van der Waals surface area (Å²) >= 11 is 2.07. The first-order chi connectivity index (χ1) is 6.63. The Morgan fingerprint density at radius 2 is 1.86 bits per heavy atom. The number of hydrogen-bond acceptors (Lipinski definition) is 3. The molecule has 1 saturated heterocycles. The highest BCUT2D eigenvalue weighted by Crippen LogP contribution is 2.47. The standard InChI is InChI=1S/C11H22N2S/c1-9-6-13(7-10(2)12-9)8-11(14-3)4-5-11/h9-10,12H,4-8H2,1-3H3/t9-,10+. The van der Waals surface area contributed by atoms with Crippen molar-refractivity contribution in [1.29, 1.82) is 0 Å². The van der Waals surface area contributed by atoms with Crippen molar-refractivity contribution in [3.8, 4) is 0 Å². The number of thioether (sulfide) groups is 1. The molecule has 0 amide bonds. The Morgan fingerprint density at radius 3 is 2.29 bits per heavy atom. The highest BCUT2D eigenvalue weighted by atomic mass is 32.2. The van der Waals surface area contributed by atoms with Crippen LogP contribution in [0.5, 0.6) is 0 Å². The minimum atomic E-state index is 0.636. The lowest BCUT2D eigenvalue weighted by atomic mass is 10.1. The molecular weight excluding hydrogens is 192 g/mol. The molecule has 2 atom stereocenters. The highest BCUT2D eigenvalue weighted by molar-refractivity contribution is 8.00. The molecule has 0 aromatic heterocycles. The van der Waals surface area contributed by atoms with E-state index in [1.54, 1.807) is 0 Å². The molecule has 14 heavy (non-hydrogen) atoms. The van der Waals surface area contributed by atoms with Crippen molar-refractivity contribution < 1.29 is 0 Å². The molecule has 3 heteroatoms. The van der Waals surface area contributed by atoms with Gasteiger partial charge in [0.2, 0.25) is 0 Å². The van der Waals surface area contributed by atoms with Crippen LogP contribution in [0.4, 0.5) is 0 Å². The fourth-order valence-electron chi connectivity index (χ4n) is 2.54. The molecule has 0 spiro atoms. The maximum atomic E-state index is 3.58. The maximum absolute atomic E-state index is 3.58. The molecule has 2 aliphatic rings. The van der Waals surface area contributed by atoms with Crippen LogP contribution in [-0.2, 0) is 0 Å². The summed E-state index contributed by atoms with van der Waals surface area (Å²) in [6.45, 7) is 8.35. The van der Waals surface area contributed by atoms with Crippen LogP contribution in [0.1, 0.15) is 26.7 Å². The quantitative estimate of drug-likeness (QED) is 0.767. The monoisotopic (exact) mass is 214 g/mol. The predicted molar refractivity (Wildman–Crippen MR) is 64.0 cm³/mol. The van der Waals surface area contributed by atoms with Crippen molar-refractivity contribution in [3.05, 3.63) is 0 Å². The second kappa shape index (κ2) is 4.03. The zero-order chi connectivity index (χ0) is 10.2. The largest absolute Gasteiger partial charge is 0.309 e. The highest BCUT2D eigenvalue weighted by Gasteiger charge is 2.43. The van der Waals surface area contributed by atoms with Crippen molar-refractivity contribution in [2.45, 2.75) is 43.5 Å². The SMILES string of the molecule is CSC1(CN2C[C@@H](C)N[C@@H](C)C2)CC1. The zero-order valence-corrected chi connectivity index (χ0v) is 10.4.